The smallest absolute Gasteiger partial charge is 0.150 e. The Morgan fingerprint density at radius 1 is 1.53 bits per heavy atom. The summed E-state index contributed by atoms with van der Waals surface area (Å²) >= 11 is 0. The van der Waals surface area contributed by atoms with Crippen molar-refractivity contribution in [2.45, 2.75) is 25.9 Å². The molecule has 1 unspecified atom stereocenters. The summed E-state index contributed by atoms with van der Waals surface area (Å²) in [5, 5.41) is 13.2. The maximum Gasteiger partial charge on any atom is 0.150 e. The minimum Gasteiger partial charge on any atom is -0.398 e. The molecular formula is C14H18FN3O. The minimum absolute atomic E-state index is 0.341. The number of nitrogens with one attached hydrogen (secondary N) is 1. The van der Waals surface area contributed by atoms with E-state index in [0.717, 1.165) is 5.39 Å². The van der Waals surface area contributed by atoms with E-state index in [4.69, 9.17) is 5.73 Å². The molecule has 0 aliphatic heterocycles. The number of aliphatic hydroxyl groups excluding tert-OH is 1. The molecule has 0 aliphatic rings. The maximum absolute atomic E-state index is 13.9. The molecule has 2 aromatic rings. The first-order valence-corrected chi connectivity index (χ1v) is 6.38. The molecule has 102 valence electrons. The fourth-order valence-electron chi connectivity index (χ4n) is 1.97. The second kappa shape index (κ2) is 5.84. The molecule has 0 spiro atoms. The van der Waals surface area contributed by atoms with Crippen molar-refractivity contribution >= 4 is 22.3 Å². The van der Waals surface area contributed by atoms with Crippen LogP contribution in [0.25, 0.3) is 10.9 Å². The third-order valence-corrected chi connectivity index (χ3v) is 3.13. The Balaban J connectivity index is 2.27. The van der Waals surface area contributed by atoms with Crippen LogP contribution in [0.1, 0.15) is 19.8 Å². The largest absolute Gasteiger partial charge is 0.398 e. The molecule has 0 fully saturated rings. The second-order valence-corrected chi connectivity index (χ2v) is 4.50. The van der Waals surface area contributed by atoms with Gasteiger partial charge in [0.15, 0.2) is 5.82 Å². The molecule has 2 rings (SSSR count). The number of benzene rings is 1. The van der Waals surface area contributed by atoms with Gasteiger partial charge in [0, 0.05) is 23.8 Å². The van der Waals surface area contributed by atoms with Gasteiger partial charge in [0.1, 0.15) is 0 Å². The molecule has 1 aromatic carbocycles. The highest BCUT2D eigenvalue weighted by molar-refractivity contribution is 5.98. The topological polar surface area (TPSA) is 71.2 Å². The lowest BCUT2D eigenvalue weighted by Crippen LogP contribution is -2.13. The summed E-state index contributed by atoms with van der Waals surface area (Å²) in [7, 11) is 0. The van der Waals surface area contributed by atoms with Crippen LogP contribution in [-0.4, -0.2) is 22.7 Å². The number of nitrogen functional groups attached to an aromatic ring is 1. The Labute approximate surface area is 111 Å². The first kappa shape index (κ1) is 13.5. The first-order chi connectivity index (χ1) is 9.13. The Hall–Kier alpha value is -1.88. The summed E-state index contributed by atoms with van der Waals surface area (Å²) in [6.45, 7) is 2.40. The SMILES string of the molecule is CCC(O)CCNc1c(F)cc(N)c2cccnc12. The molecular weight excluding hydrogens is 245 g/mol. The number of rotatable bonds is 5. The van der Waals surface area contributed by atoms with Crippen molar-refractivity contribution in [3.8, 4) is 0 Å². The predicted octanol–water partition coefficient (Wildman–Crippen LogP) is 2.53. The molecule has 0 radical (unpaired) electrons. The van der Waals surface area contributed by atoms with Crippen LogP contribution in [0.15, 0.2) is 24.4 Å². The number of hydrogen-bond acceptors (Lipinski definition) is 4. The fourth-order valence-corrected chi connectivity index (χ4v) is 1.97. The third kappa shape index (κ3) is 2.93. The van der Waals surface area contributed by atoms with Crippen molar-refractivity contribution in [1.29, 1.82) is 0 Å². The monoisotopic (exact) mass is 263 g/mol. The van der Waals surface area contributed by atoms with Gasteiger partial charge < -0.3 is 16.2 Å². The van der Waals surface area contributed by atoms with E-state index in [2.05, 4.69) is 10.3 Å². The van der Waals surface area contributed by atoms with E-state index in [0.29, 0.717) is 36.3 Å². The Morgan fingerprint density at radius 2 is 2.32 bits per heavy atom. The minimum atomic E-state index is -0.422. The quantitative estimate of drug-likeness (QED) is 0.725. The zero-order chi connectivity index (χ0) is 13.8. The van der Waals surface area contributed by atoms with Crippen molar-refractivity contribution in [3.05, 3.63) is 30.2 Å². The van der Waals surface area contributed by atoms with Gasteiger partial charge in [-0.2, -0.15) is 0 Å². The lowest BCUT2D eigenvalue weighted by Gasteiger charge is -2.13. The summed E-state index contributed by atoms with van der Waals surface area (Å²) in [5.41, 5.74) is 7.01. The summed E-state index contributed by atoms with van der Waals surface area (Å²) in [6.07, 6.45) is 2.48. The van der Waals surface area contributed by atoms with Crippen molar-refractivity contribution < 1.29 is 9.50 Å². The van der Waals surface area contributed by atoms with E-state index < -0.39 is 5.82 Å². The molecule has 1 aromatic heterocycles. The highest BCUT2D eigenvalue weighted by atomic mass is 19.1. The van der Waals surface area contributed by atoms with Gasteiger partial charge in [-0.3, -0.25) is 4.98 Å². The van der Waals surface area contributed by atoms with Crippen LogP contribution in [0.4, 0.5) is 15.8 Å². The Morgan fingerprint density at radius 3 is 3.05 bits per heavy atom. The van der Waals surface area contributed by atoms with Crippen molar-refractivity contribution in [2.24, 2.45) is 0 Å². The fraction of sp³-hybridized carbons (Fsp3) is 0.357. The molecule has 19 heavy (non-hydrogen) atoms. The molecule has 1 atom stereocenters. The number of nitrogens with two attached hydrogens (primary N) is 1. The summed E-state index contributed by atoms with van der Waals surface area (Å²) < 4.78 is 13.9. The number of pyridine rings is 1. The van der Waals surface area contributed by atoms with Crippen molar-refractivity contribution in [1.82, 2.24) is 4.98 Å². The van der Waals surface area contributed by atoms with Gasteiger partial charge in [-0.25, -0.2) is 4.39 Å². The van der Waals surface area contributed by atoms with E-state index in [1.165, 1.54) is 6.07 Å². The van der Waals surface area contributed by atoms with Gasteiger partial charge in [-0.1, -0.05) is 6.92 Å². The molecule has 1 heterocycles. The van der Waals surface area contributed by atoms with Crippen LogP contribution in [0.5, 0.6) is 0 Å². The van der Waals surface area contributed by atoms with Crippen LogP contribution in [0.3, 0.4) is 0 Å². The molecule has 0 amide bonds. The van der Waals surface area contributed by atoms with Gasteiger partial charge in [0.25, 0.3) is 0 Å². The lowest BCUT2D eigenvalue weighted by molar-refractivity contribution is 0.164. The van der Waals surface area contributed by atoms with Crippen LogP contribution < -0.4 is 11.1 Å². The molecule has 0 aliphatic carbocycles. The Kier molecular flexibility index (Phi) is 4.16. The zero-order valence-corrected chi connectivity index (χ0v) is 10.9. The summed E-state index contributed by atoms with van der Waals surface area (Å²) in [6, 6.07) is 4.87. The number of fused-ring (bicyclic) bond motifs is 1. The number of nitrogens with zero attached hydrogens (tertiary/aromatic N) is 1. The van der Waals surface area contributed by atoms with Crippen LogP contribution in [0.2, 0.25) is 0 Å². The molecule has 4 nitrogen and oxygen atoms in total. The molecule has 0 bridgehead atoms. The summed E-state index contributed by atoms with van der Waals surface area (Å²) in [5.74, 6) is -0.422. The van der Waals surface area contributed by atoms with Gasteiger partial charge in [0.05, 0.1) is 17.3 Å². The van der Waals surface area contributed by atoms with Gasteiger partial charge in [-0.15, -0.1) is 0 Å². The lowest BCUT2D eigenvalue weighted by atomic mass is 10.1. The van der Waals surface area contributed by atoms with Crippen molar-refractivity contribution in [2.75, 3.05) is 17.6 Å². The number of aliphatic hydroxyl groups is 1. The normalized spacial score (nSPS) is 12.6. The number of aromatic nitrogens is 1. The van der Waals surface area contributed by atoms with Gasteiger partial charge in [0.2, 0.25) is 0 Å². The molecule has 5 heteroatoms. The highest BCUT2D eigenvalue weighted by Gasteiger charge is 2.11. The molecule has 0 saturated heterocycles. The van der Waals surface area contributed by atoms with Crippen molar-refractivity contribution in [3.63, 3.8) is 0 Å². The predicted molar refractivity (Wildman–Crippen MR) is 75.5 cm³/mol. The average Bonchev–Trinajstić information content (AvgIpc) is 2.42. The third-order valence-electron chi connectivity index (χ3n) is 3.13. The van der Waals surface area contributed by atoms with Gasteiger partial charge in [-0.05, 0) is 31.0 Å². The van der Waals surface area contributed by atoms with E-state index in [9.17, 15) is 9.50 Å². The highest BCUT2D eigenvalue weighted by Crippen LogP contribution is 2.29. The van der Waals surface area contributed by atoms with Crippen LogP contribution in [0, 0.1) is 5.82 Å². The van der Waals surface area contributed by atoms with Crippen LogP contribution in [-0.2, 0) is 0 Å². The number of halogens is 1. The van der Waals surface area contributed by atoms with Gasteiger partial charge >= 0.3 is 0 Å². The second-order valence-electron chi connectivity index (χ2n) is 4.50. The number of anilines is 2. The summed E-state index contributed by atoms with van der Waals surface area (Å²) in [4.78, 5) is 4.18. The molecule has 4 N–H and O–H groups in total. The first-order valence-electron chi connectivity index (χ1n) is 6.38. The van der Waals surface area contributed by atoms with Crippen LogP contribution >= 0.6 is 0 Å². The standard InChI is InChI=1S/C14H18FN3O/c1-2-9(19)5-7-18-14-11(15)8-12(16)10-4-3-6-17-13(10)14/h3-4,6,8-9,18-19H,2,5,7,16H2,1H3. The van der Waals surface area contributed by atoms with E-state index in [1.54, 1.807) is 12.3 Å². The van der Waals surface area contributed by atoms with E-state index >= 15 is 0 Å². The van der Waals surface area contributed by atoms with E-state index in [1.807, 2.05) is 13.0 Å². The maximum atomic E-state index is 13.9. The zero-order valence-electron chi connectivity index (χ0n) is 10.9. The average molecular weight is 263 g/mol. The molecule has 0 saturated carbocycles. The number of hydrogen-bond donors (Lipinski definition) is 3. The van der Waals surface area contributed by atoms with E-state index in [-0.39, 0.29) is 6.10 Å². The Bertz CT molecular complexity index is 574.